The van der Waals surface area contributed by atoms with Gasteiger partial charge in [-0.3, -0.25) is 0 Å². The van der Waals surface area contributed by atoms with Crippen molar-refractivity contribution in [1.82, 2.24) is 43.9 Å². The van der Waals surface area contributed by atoms with Crippen molar-refractivity contribution in [3.8, 4) is 0 Å². The molecular weight excluding hydrogens is 1160 g/mol. The van der Waals surface area contributed by atoms with Crippen LogP contribution in [0.15, 0.2) is 12.7 Å². The minimum Gasteiger partial charge on any atom is -1.00 e. The van der Waals surface area contributed by atoms with Gasteiger partial charge in [0, 0.05) is 109 Å². The summed E-state index contributed by atoms with van der Waals surface area (Å²) in [5.41, 5.74) is 8.75. The number of hydrogen-bond acceptors (Lipinski definition) is 18. The number of carbonyl (C=O) groups is 2. The van der Waals surface area contributed by atoms with Gasteiger partial charge < -0.3 is 47.6 Å². The number of nitrogens with one attached hydrogen (secondary N) is 3. The maximum atomic E-state index is 11.7. The zero-order valence-corrected chi connectivity index (χ0v) is 51.1. The van der Waals surface area contributed by atoms with Crippen molar-refractivity contribution < 1.29 is 70.5 Å². The lowest BCUT2D eigenvalue weighted by Crippen LogP contribution is -3.00. The Morgan fingerprint density at radius 1 is 0.584 bits per heavy atom. The lowest BCUT2D eigenvalue weighted by molar-refractivity contribution is -0.663. The molecule has 0 aliphatic carbocycles. The normalized spacial score (nSPS) is 17.3. The van der Waals surface area contributed by atoms with Gasteiger partial charge in [-0.15, -0.1) is 0 Å². The van der Waals surface area contributed by atoms with Gasteiger partial charge in [-0.1, -0.05) is 11.6 Å². The number of quaternary nitrogens is 1. The van der Waals surface area contributed by atoms with Crippen molar-refractivity contribution >= 4 is 80.2 Å². The molecule has 2 aromatic heterocycles. The smallest absolute Gasteiger partial charge is 0.410 e. The van der Waals surface area contributed by atoms with Crippen molar-refractivity contribution in [3.63, 3.8) is 0 Å². The van der Waals surface area contributed by atoms with Crippen LogP contribution in [0.1, 0.15) is 115 Å². The highest BCUT2D eigenvalue weighted by molar-refractivity contribution is 8.11. The zero-order chi connectivity index (χ0) is 58.5. The third kappa shape index (κ3) is 36.6. The summed E-state index contributed by atoms with van der Waals surface area (Å²) in [5, 5.41) is 21.5. The van der Waals surface area contributed by atoms with Crippen LogP contribution < -0.4 is 63.1 Å². The third-order valence-corrected chi connectivity index (χ3v) is 13.5. The second kappa shape index (κ2) is 33.5. The van der Waals surface area contributed by atoms with Gasteiger partial charge in [0.1, 0.15) is 34.8 Å². The number of piperidine rings is 4. The predicted octanol–water partition coefficient (Wildman–Crippen LogP) is -2.94. The summed E-state index contributed by atoms with van der Waals surface area (Å²) < 4.78 is 101. The lowest BCUT2D eigenvalue weighted by Gasteiger charge is -2.33. The average molecular weight is 1240 g/mol. The van der Waals surface area contributed by atoms with E-state index >= 15 is 0 Å². The minimum atomic E-state index is -3.69. The van der Waals surface area contributed by atoms with Gasteiger partial charge in [-0.2, -0.15) is 47.8 Å². The molecule has 2 amide bonds. The number of rotatable bonds is 7. The van der Waals surface area contributed by atoms with Crippen molar-refractivity contribution in [2.24, 2.45) is 26.3 Å². The van der Waals surface area contributed by atoms with E-state index in [1.165, 1.54) is 6.33 Å². The Kier molecular flexibility index (Phi) is 32.1. The van der Waals surface area contributed by atoms with E-state index in [1.807, 2.05) is 48.5 Å². The van der Waals surface area contributed by atoms with Crippen LogP contribution in [0.2, 0.25) is 5.15 Å². The van der Waals surface area contributed by atoms with E-state index in [0.29, 0.717) is 31.1 Å². The number of aryl methyl sites for hydroxylation is 2. The molecule has 35 heteroatoms. The number of halogens is 3. The van der Waals surface area contributed by atoms with Crippen LogP contribution in [-0.2, 0) is 49.3 Å². The standard InChI is InChI=1S/C11H19N5O2S.C10H21N3O4S.C10H20N2O2.C6H7ClN2.C5H13N3O2S.ClH2NO2S.ClH/c1-8-9(2)13-7-14-11(8)16-5-3-10(4-6-16)15-19(12,17)18;1-10(2,3)17-9(14)13-6-4-8(5-7-13)12-18(11,15)16;1-10(2,3)14-9(13)12-6-4-8(11)5-7-12;1-4-5(2)8-3-9-6(4)7;6-11(9,10)8-5-1-3-7-4-2-5;1-5(2,3)4;/h7,10,15H,3-6H2,1-2H3,(H2,12,17,18);8,12H,4-7H2,1-3H3,(H2,11,15,16);8H,4-7,11H2,1-3H3;3H,1-2H3;5,7-8H,1-4H2,(H2,6,9,10);(H2,2,3,4);1H. The fourth-order valence-electron chi connectivity index (χ4n) is 7.22. The number of nitrogens with zero attached hydrogens (tertiary/aromatic N) is 7. The molecule has 0 bridgehead atoms. The highest BCUT2D eigenvalue weighted by atomic mass is 35.7. The average Bonchev–Trinajstić information content (AvgIpc) is 3.25. The summed E-state index contributed by atoms with van der Waals surface area (Å²) >= 11 is 5.66. The predicted molar refractivity (Wildman–Crippen MR) is 291 cm³/mol. The molecule has 0 saturated carbocycles. The van der Waals surface area contributed by atoms with Crippen LogP contribution in [0.5, 0.6) is 0 Å². The fourth-order valence-corrected chi connectivity index (χ4v) is 9.50. The number of amides is 2. The summed E-state index contributed by atoms with van der Waals surface area (Å²) in [6, 6.07) is -0.00290. The first-order valence-electron chi connectivity index (χ1n) is 24.2. The summed E-state index contributed by atoms with van der Waals surface area (Å²) in [4.78, 5) is 45.0. The van der Waals surface area contributed by atoms with E-state index < -0.39 is 51.1 Å². The summed E-state index contributed by atoms with van der Waals surface area (Å²) in [7, 11) is -10.2. The molecule has 6 rings (SSSR count). The molecule has 2 aromatic rings. The van der Waals surface area contributed by atoms with Gasteiger partial charge in [0.05, 0.1) is 13.1 Å². The summed E-state index contributed by atoms with van der Waals surface area (Å²) in [6.45, 7) is 24.6. The monoisotopic (exact) mass is 1240 g/mol. The Hall–Kier alpha value is -3.19. The first-order chi connectivity index (χ1) is 34.6. The number of ether oxygens (including phenoxy) is 2. The number of aromatic nitrogens is 4. The molecule has 0 aromatic carbocycles. The number of carbonyl (C=O) groups excluding carboxylic acids is 2. The fraction of sp³-hybridized carbons (Fsp3) is 0.762. The minimum absolute atomic E-state index is 0. The van der Waals surface area contributed by atoms with Crippen LogP contribution in [0, 0.1) is 27.7 Å². The second-order valence-electron chi connectivity index (χ2n) is 20.2. The summed E-state index contributed by atoms with van der Waals surface area (Å²) in [5.74, 6) is 0.932. The molecule has 4 aliphatic heterocycles. The maximum absolute atomic E-state index is 11.7. The Balaban J connectivity index is 0.000000932. The molecule has 15 N–H and O–H groups in total. The van der Waals surface area contributed by atoms with Gasteiger partial charge in [0.25, 0.3) is 39.9 Å². The number of anilines is 1. The first-order valence-corrected chi connectivity index (χ1v) is 31.6. The van der Waals surface area contributed by atoms with E-state index in [1.54, 1.807) is 36.9 Å². The van der Waals surface area contributed by atoms with Crippen LogP contribution in [0.25, 0.3) is 0 Å². The summed E-state index contributed by atoms with van der Waals surface area (Å²) in [6.07, 6.45) is 8.45. The topological polar surface area (TPSA) is 433 Å². The van der Waals surface area contributed by atoms with Gasteiger partial charge in [0.15, 0.2) is 0 Å². The zero-order valence-electron chi connectivity index (χ0n) is 45.5. The Morgan fingerprint density at radius 3 is 1.25 bits per heavy atom. The molecular formula is C42H83Cl3N16O12S4. The maximum Gasteiger partial charge on any atom is 0.410 e. The van der Waals surface area contributed by atoms with E-state index in [4.69, 9.17) is 42.2 Å². The number of likely N-dealkylation sites (tertiary alicyclic amines) is 2. The lowest BCUT2D eigenvalue weighted by atomic mass is 10.1. The molecule has 77 heavy (non-hydrogen) atoms. The Labute approximate surface area is 471 Å². The second-order valence-corrected chi connectivity index (χ2v) is 26.8. The third-order valence-electron chi connectivity index (χ3n) is 11.1. The quantitative estimate of drug-likeness (QED) is 0.0989. The molecule has 0 spiro atoms. The molecule has 4 fully saturated rings. The van der Waals surface area contributed by atoms with Gasteiger partial charge in [-0.25, -0.2) is 50.1 Å². The SMILES string of the molecule is CC(C)(C)OC(=O)N1CCC(N)CC1.CC(C)(C)OC(=O)N1CCC(NS(N)(=O)=O)CC1.Cc1ncnc(Cl)c1C.Cc1ncnc(N2CCC(NS(N)(=O)=O)CC2)c1C.NS(=O)(=O)Cl.NS(=O)(=O)NC1CC[NH2+]CC1.[Cl-]. The van der Waals surface area contributed by atoms with Crippen LogP contribution >= 0.6 is 22.3 Å². The molecule has 6 heterocycles. The highest BCUT2D eigenvalue weighted by Gasteiger charge is 2.29. The van der Waals surface area contributed by atoms with E-state index in [2.05, 4.69) is 60.1 Å². The van der Waals surface area contributed by atoms with E-state index in [9.17, 15) is 43.3 Å². The van der Waals surface area contributed by atoms with Crippen LogP contribution in [0.4, 0.5) is 15.4 Å². The molecule has 4 aliphatic rings. The Bertz CT molecular complexity index is 2550. The first kappa shape index (κ1) is 73.8. The Morgan fingerprint density at radius 2 is 0.909 bits per heavy atom. The van der Waals surface area contributed by atoms with Crippen LogP contribution in [0.3, 0.4) is 0 Å². The molecule has 28 nitrogen and oxygen atoms in total. The van der Waals surface area contributed by atoms with Gasteiger partial charge >= 0.3 is 12.2 Å². The molecule has 0 unspecified atom stereocenters. The van der Waals surface area contributed by atoms with Gasteiger partial charge in [0.2, 0.25) is 0 Å². The van der Waals surface area contributed by atoms with Crippen LogP contribution in [-0.4, -0.2) is 163 Å². The number of hydrogen-bond donors (Lipinski definition) is 9. The van der Waals surface area contributed by atoms with Crippen molar-refractivity contribution in [3.05, 3.63) is 40.3 Å². The molecule has 448 valence electrons. The highest BCUT2D eigenvalue weighted by Crippen LogP contribution is 2.23. The van der Waals surface area contributed by atoms with Gasteiger partial charge in [-0.05, 0) is 108 Å². The number of nitrogens with two attached hydrogens (primary N) is 6. The molecule has 0 radical (unpaired) electrons. The molecule has 0 atom stereocenters. The molecule has 4 saturated heterocycles. The van der Waals surface area contributed by atoms with Crippen molar-refractivity contribution in [2.45, 2.75) is 156 Å². The van der Waals surface area contributed by atoms with E-state index in [0.717, 1.165) is 106 Å². The van der Waals surface area contributed by atoms with Crippen molar-refractivity contribution in [2.75, 3.05) is 57.3 Å². The largest absolute Gasteiger partial charge is 1.00 e. The van der Waals surface area contributed by atoms with Crippen molar-refractivity contribution in [1.29, 1.82) is 0 Å². The van der Waals surface area contributed by atoms with E-state index in [-0.39, 0.29) is 48.8 Å².